The number of hydrogen-bond acceptors (Lipinski definition) is 9. The van der Waals surface area contributed by atoms with Gasteiger partial charge in [0.05, 0.1) is 61.2 Å². The van der Waals surface area contributed by atoms with E-state index in [4.69, 9.17) is 31.0 Å². The summed E-state index contributed by atoms with van der Waals surface area (Å²) in [6.07, 6.45) is 2.24. The van der Waals surface area contributed by atoms with Crippen LogP contribution in [0, 0.1) is 11.3 Å². The highest BCUT2D eigenvalue weighted by Gasteiger charge is 2.34. The largest absolute Gasteiger partial charge is 0.377 e. The second-order valence-electron chi connectivity index (χ2n) is 11.8. The van der Waals surface area contributed by atoms with Crippen molar-refractivity contribution in [3.05, 3.63) is 71.2 Å². The number of benzene rings is 2. The smallest absolute Gasteiger partial charge is 0.246 e. The Labute approximate surface area is 263 Å². The molecule has 0 bridgehead atoms. The molecule has 0 aliphatic carbocycles. The lowest BCUT2D eigenvalue weighted by molar-refractivity contribution is -0.128. The highest BCUT2D eigenvalue weighted by atomic mass is 35.5. The summed E-state index contributed by atoms with van der Waals surface area (Å²) in [7, 11) is 4.07. The van der Waals surface area contributed by atoms with Gasteiger partial charge in [0, 0.05) is 42.8 Å². The van der Waals surface area contributed by atoms with Crippen LogP contribution in [0.15, 0.2) is 49.1 Å². The molecule has 1 amide bonds. The normalized spacial score (nSPS) is 21.9. The average molecular weight is 616 g/mol. The Bertz CT molecular complexity index is 1590. The van der Waals surface area contributed by atoms with Gasteiger partial charge in [0.25, 0.3) is 0 Å². The first-order chi connectivity index (χ1) is 21.4. The number of nitrogens with zero attached hydrogens (tertiary/aromatic N) is 7. The summed E-state index contributed by atoms with van der Waals surface area (Å²) in [6.45, 7) is 8.07. The molecule has 0 saturated carbocycles. The van der Waals surface area contributed by atoms with Gasteiger partial charge in [0.15, 0.2) is 5.82 Å². The molecule has 1 unspecified atom stereocenters. The van der Waals surface area contributed by atoms with Crippen LogP contribution in [-0.4, -0.2) is 97.4 Å². The van der Waals surface area contributed by atoms with Crippen LogP contribution in [0.1, 0.15) is 23.5 Å². The molecule has 3 aliphatic heterocycles. The summed E-state index contributed by atoms with van der Waals surface area (Å²) >= 11 is 6.71. The maximum atomic E-state index is 12.6. The predicted molar refractivity (Wildman–Crippen MR) is 171 cm³/mol. The van der Waals surface area contributed by atoms with Crippen LogP contribution in [0.4, 0.5) is 11.5 Å². The lowest BCUT2D eigenvalue weighted by atomic mass is 10.0. The molecule has 11 heteroatoms. The number of rotatable bonds is 8. The second kappa shape index (κ2) is 13.1. The van der Waals surface area contributed by atoms with Crippen LogP contribution in [-0.2, 0) is 33.8 Å². The molecule has 10 nitrogen and oxygen atoms in total. The van der Waals surface area contributed by atoms with E-state index in [-0.39, 0.29) is 37.1 Å². The third-order valence-electron chi connectivity index (χ3n) is 8.92. The summed E-state index contributed by atoms with van der Waals surface area (Å²) in [5, 5.41) is 12.4. The number of carbonyl (C=O) groups is 1. The maximum Gasteiger partial charge on any atom is 0.246 e. The number of ether oxygens (including phenoxy) is 2. The van der Waals surface area contributed by atoms with Gasteiger partial charge in [-0.2, -0.15) is 5.26 Å². The lowest BCUT2D eigenvalue weighted by Crippen LogP contribution is -2.55. The topological polar surface area (TPSA) is 98.1 Å². The molecule has 3 aliphatic rings. The molecule has 44 heavy (non-hydrogen) atoms. The standard InChI is InChI=1S/C33H38ClN7O3/c1-4-31(42)41-16-15-40(17-23(41)11-13-35)33-24-12-14-39(27-10-6-8-22-7-5-9-25(34)32(22)27)18-26(24)36-30(37-33)21-44-29-20-43-19-28(29)38(2)3/h4-10,23,28-29H,1,11-12,14-21H2,2-3H3/t23?,28-,29-/m1/s1. The first-order valence-corrected chi connectivity index (χ1v) is 15.5. The van der Waals surface area contributed by atoms with E-state index in [1.165, 1.54) is 6.08 Å². The third kappa shape index (κ3) is 5.97. The van der Waals surface area contributed by atoms with Gasteiger partial charge < -0.3 is 29.1 Å². The number of piperazine rings is 1. The van der Waals surface area contributed by atoms with Crippen molar-refractivity contribution in [2.24, 2.45) is 0 Å². The molecule has 4 heterocycles. The monoisotopic (exact) mass is 615 g/mol. The van der Waals surface area contributed by atoms with Crippen LogP contribution in [0.2, 0.25) is 5.02 Å². The van der Waals surface area contributed by atoms with Crippen molar-refractivity contribution in [2.75, 3.05) is 63.3 Å². The Morgan fingerprint density at radius 3 is 2.77 bits per heavy atom. The Kier molecular flexibility index (Phi) is 9.01. The molecule has 0 N–H and O–H groups in total. The lowest BCUT2D eigenvalue weighted by Gasteiger charge is -2.42. The highest BCUT2D eigenvalue weighted by Crippen LogP contribution is 2.37. The molecular formula is C33H38ClN7O3. The number of likely N-dealkylation sites (N-methyl/N-ethyl adjacent to an activating group) is 1. The Morgan fingerprint density at radius 1 is 1.18 bits per heavy atom. The molecule has 2 fully saturated rings. The summed E-state index contributed by atoms with van der Waals surface area (Å²) in [5.41, 5.74) is 3.14. The SMILES string of the molecule is C=CC(=O)N1CCN(c2nc(CO[C@@H]3COC[C@H]3N(C)C)nc3c2CCN(c2cccc4cccc(Cl)c24)C3)CC1CC#N. The van der Waals surface area contributed by atoms with E-state index >= 15 is 0 Å². The van der Waals surface area contributed by atoms with Gasteiger partial charge in [-0.15, -0.1) is 0 Å². The van der Waals surface area contributed by atoms with Gasteiger partial charge >= 0.3 is 0 Å². The van der Waals surface area contributed by atoms with E-state index < -0.39 is 0 Å². The Hall–Kier alpha value is -3.75. The molecule has 0 radical (unpaired) electrons. The van der Waals surface area contributed by atoms with Crippen molar-refractivity contribution in [3.63, 3.8) is 0 Å². The van der Waals surface area contributed by atoms with Crippen LogP contribution < -0.4 is 9.80 Å². The van der Waals surface area contributed by atoms with E-state index in [1.54, 1.807) is 4.90 Å². The average Bonchev–Trinajstić information content (AvgIpc) is 3.52. The number of halogens is 1. The van der Waals surface area contributed by atoms with Crippen molar-refractivity contribution in [1.29, 1.82) is 5.26 Å². The number of aromatic nitrogens is 2. The molecule has 230 valence electrons. The van der Waals surface area contributed by atoms with E-state index in [2.05, 4.69) is 51.6 Å². The maximum absolute atomic E-state index is 12.6. The fraction of sp³-hybridized carbons (Fsp3) is 0.455. The fourth-order valence-corrected chi connectivity index (χ4v) is 6.89. The minimum Gasteiger partial charge on any atom is -0.377 e. The molecule has 3 atom stereocenters. The molecule has 3 aromatic rings. The molecular weight excluding hydrogens is 578 g/mol. The summed E-state index contributed by atoms with van der Waals surface area (Å²) in [6, 6.07) is 14.4. The van der Waals surface area contributed by atoms with E-state index in [1.807, 2.05) is 26.2 Å². The zero-order valence-corrected chi connectivity index (χ0v) is 26.0. The summed E-state index contributed by atoms with van der Waals surface area (Å²) in [4.78, 5) is 31.1. The van der Waals surface area contributed by atoms with Gasteiger partial charge in [-0.05, 0) is 44.1 Å². The van der Waals surface area contributed by atoms with Gasteiger partial charge in [-0.3, -0.25) is 4.79 Å². The Morgan fingerprint density at radius 2 is 2.00 bits per heavy atom. The van der Waals surface area contributed by atoms with Gasteiger partial charge in [-0.1, -0.05) is 42.4 Å². The molecule has 2 saturated heterocycles. The second-order valence-corrected chi connectivity index (χ2v) is 12.2. The number of hydrogen-bond donors (Lipinski definition) is 0. The van der Waals surface area contributed by atoms with E-state index in [0.717, 1.165) is 51.5 Å². The first kappa shape index (κ1) is 30.3. The quantitative estimate of drug-likeness (QED) is 0.350. The number of amides is 1. The molecule has 2 aromatic carbocycles. The van der Waals surface area contributed by atoms with Gasteiger partial charge in [0.2, 0.25) is 5.91 Å². The number of nitriles is 1. The van der Waals surface area contributed by atoms with Crippen molar-refractivity contribution in [3.8, 4) is 6.07 Å². The number of anilines is 2. The molecule has 0 spiro atoms. The summed E-state index contributed by atoms with van der Waals surface area (Å²) in [5.74, 6) is 1.33. The third-order valence-corrected chi connectivity index (χ3v) is 9.23. The number of carbonyl (C=O) groups excluding carboxylic acids is 1. The molecule has 6 rings (SSSR count). The zero-order valence-electron chi connectivity index (χ0n) is 25.3. The first-order valence-electron chi connectivity index (χ1n) is 15.1. The Balaban J connectivity index is 1.34. The van der Waals surface area contributed by atoms with Gasteiger partial charge in [0.1, 0.15) is 12.4 Å². The van der Waals surface area contributed by atoms with E-state index in [9.17, 15) is 10.1 Å². The van der Waals surface area contributed by atoms with E-state index in [0.29, 0.717) is 45.2 Å². The van der Waals surface area contributed by atoms with Crippen LogP contribution >= 0.6 is 11.6 Å². The van der Waals surface area contributed by atoms with Crippen molar-refractivity contribution >= 4 is 39.8 Å². The minimum atomic E-state index is -0.251. The minimum absolute atomic E-state index is 0.0733. The highest BCUT2D eigenvalue weighted by molar-refractivity contribution is 6.36. The zero-order chi connectivity index (χ0) is 30.8. The fourth-order valence-electron chi connectivity index (χ4n) is 6.61. The van der Waals surface area contributed by atoms with Crippen LogP contribution in [0.3, 0.4) is 0 Å². The summed E-state index contributed by atoms with van der Waals surface area (Å²) < 4.78 is 12.1. The van der Waals surface area contributed by atoms with Crippen molar-refractivity contribution in [2.45, 2.75) is 44.2 Å². The van der Waals surface area contributed by atoms with Crippen molar-refractivity contribution < 1.29 is 14.3 Å². The van der Waals surface area contributed by atoms with Crippen LogP contribution in [0.5, 0.6) is 0 Å². The molecule has 1 aromatic heterocycles. The predicted octanol–water partition coefficient (Wildman–Crippen LogP) is 3.81. The van der Waals surface area contributed by atoms with Gasteiger partial charge in [-0.25, -0.2) is 9.97 Å². The van der Waals surface area contributed by atoms with Crippen LogP contribution in [0.25, 0.3) is 10.8 Å². The number of fused-ring (bicyclic) bond motifs is 2. The van der Waals surface area contributed by atoms with Crippen molar-refractivity contribution in [1.82, 2.24) is 19.8 Å².